The molecule has 5 heteroatoms. The first kappa shape index (κ1) is 22.3. The Morgan fingerprint density at radius 2 is 1.57 bits per heavy atom. The predicted octanol–water partition coefficient (Wildman–Crippen LogP) is 6.00. The molecule has 162 valence electrons. The predicted molar refractivity (Wildman–Crippen MR) is 120 cm³/mol. The lowest BCUT2D eigenvalue weighted by molar-refractivity contribution is 0.202. The van der Waals surface area contributed by atoms with E-state index in [0.717, 1.165) is 36.5 Å². The van der Waals surface area contributed by atoms with Crippen LogP contribution in [0.1, 0.15) is 58.3 Å². The molecule has 1 aromatic heterocycles. The second-order valence-electron chi connectivity index (χ2n) is 8.19. The number of rotatable bonds is 15. The Labute approximate surface area is 180 Å². The largest absolute Gasteiger partial charge is 0.491 e. The van der Waals surface area contributed by atoms with Gasteiger partial charge in [0.05, 0.1) is 25.6 Å². The van der Waals surface area contributed by atoms with Gasteiger partial charge in [-0.15, -0.1) is 6.58 Å². The Balaban J connectivity index is 1.31. The van der Waals surface area contributed by atoms with Crippen LogP contribution < -0.4 is 9.47 Å². The summed E-state index contributed by atoms with van der Waals surface area (Å²) in [7, 11) is 0. The van der Waals surface area contributed by atoms with Crippen molar-refractivity contribution in [3.05, 3.63) is 49.3 Å². The first-order valence-electron chi connectivity index (χ1n) is 11.1. The molecule has 5 nitrogen and oxygen atoms in total. The molecule has 1 aliphatic heterocycles. The number of unbranched alkanes of at least 4 members (excludes halogenated alkanes) is 7. The lowest BCUT2D eigenvalue weighted by atomic mass is 10.1. The average molecular weight is 411 g/mol. The van der Waals surface area contributed by atoms with Gasteiger partial charge in [-0.3, -0.25) is 0 Å². The van der Waals surface area contributed by atoms with E-state index in [2.05, 4.69) is 16.5 Å². The van der Waals surface area contributed by atoms with Gasteiger partial charge in [0.2, 0.25) is 0 Å². The zero-order chi connectivity index (χ0) is 21.1. The summed E-state index contributed by atoms with van der Waals surface area (Å²) in [6.07, 6.45) is 15.4. The number of nitrogens with zero attached hydrogens (tertiary/aromatic N) is 2. The van der Waals surface area contributed by atoms with Crippen molar-refractivity contribution in [2.24, 2.45) is 0 Å². The molecule has 0 unspecified atom stereocenters. The summed E-state index contributed by atoms with van der Waals surface area (Å²) in [4.78, 5) is 8.87. The maximum absolute atomic E-state index is 5.78. The van der Waals surface area contributed by atoms with Crippen molar-refractivity contribution in [2.75, 3.05) is 19.8 Å². The van der Waals surface area contributed by atoms with Crippen LogP contribution >= 0.6 is 0 Å². The van der Waals surface area contributed by atoms with Crippen molar-refractivity contribution in [2.45, 2.75) is 63.9 Å². The van der Waals surface area contributed by atoms with E-state index in [-0.39, 0.29) is 5.60 Å². The molecule has 0 aliphatic carbocycles. The molecule has 1 fully saturated rings. The smallest absolute Gasteiger partial charge is 0.159 e. The standard InChI is InChI=1S/C25H34N2O3/c1-3-4-5-6-7-8-9-10-11-16-28-23-17-26-24(27-18-23)21-12-14-22(15-13-21)29-19-25(2)20-30-25/h3,12-15,17-18H,1,4-11,16,19-20H2,2H3/t25-/m1/s1. The van der Waals surface area contributed by atoms with E-state index in [4.69, 9.17) is 14.2 Å². The van der Waals surface area contributed by atoms with Crippen molar-refractivity contribution in [3.8, 4) is 22.9 Å². The highest BCUT2D eigenvalue weighted by atomic mass is 16.6. The van der Waals surface area contributed by atoms with E-state index in [0.29, 0.717) is 19.0 Å². The highest BCUT2D eigenvalue weighted by Crippen LogP contribution is 2.27. The van der Waals surface area contributed by atoms with Gasteiger partial charge in [0.1, 0.15) is 18.0 Å². The van der Waals surface area contributed by atoms with Crippen molar-refractivity contribution in [1.29, 1.82) is 0 Å². The molecule has 0 amide bonds. The fourth-order valence-corrected chi connectivity index (χ4v) is 3.15. The van der Waals surface area contributed by atoms with Gasteiger partial charge in [0.25, 0.3) is 0 Å². The Bertz CT molecular complexity index is 755. The van der Waals surface area contributed by atoms with Crippen LogP contribution in [0.5, 0.6) is 11.5 Å². The molecule has 1 saturated heterocycles. The van der Waals surface area contributed by atoms with Crippen molar-refractivity contribution >= 4 is 0 Å². The summed E-state index contributed by atoms with van der Waals surface area (Å²) in [5, 5.41) is 0. The Kier molecular flexibility index (Phi) is 8.69. The zero-order valence-electron chi connectivity index (χ0n) is 18.1. The van der Waals surface area contributed by atoms with Crippen LogP contribution in [0.4, 0.5) is 0 Å². The number of allylic oxidation sites excluding steroid dienone is 1. The number of ether oxygens (including phenoxy) is 3. The lowest BCUT2D eigenvalue weighted by Gasteiger charge is -2.09. The molecule has 0 spiro atoms. The number of epoxide rings is 1. The fourth-order valence-electron chi connectivity index (χ4n) is 3.15. The molecular formula is C25H34N2O3. The highest BCUT2D eigenvalue weighted by molar-refractivity contribution is 5.56. The van der Waals surface area contributed by atoms with Gasteiger partial charge in [0, 0.05) is 5.56 Å². The van der Waals surface area contributed by atoms with Crippen LogP contribution in [-0.2, 0) is 4.74 Å². The van der Waals surface area contributed by atoms with Crippen LogP contribution in [0, 0.1) is 0 Å². The maximum Gasteiger partial charge on any atom is 0.159 e. The minimum atomic E-state index is -0.108. The van der Waals surface area contributed by atoms with Gasteiger partial charge in [0.15, 0.2) is 11.6 Å². The highest BCUT2D eigenvalue weighted by Gasteiger charge is 2.40. The Hall–Kier alpha value is -2.40. The summed E-state index contributed by atoms with van der Waals surface area (Å²) in [5.74, 6) is 2.23. The zero-order valence-corrected chi connectivity index (χ0v) is 18.1. The van der Waals surface area contributed by atoms with Crippen LogP contribution in [-0.4, -0.2) is 35.4 Å². The first-order chi connectivity index (χ1) is 14.7. The van der Waals surface area contributed by atoms with Crippen molar-refractivity contribution < 1.29 is 14.2 Å². The van der Waals surface area contributed by atoms with Crippen LogP contribution in [0.25, 0.3) is 11.4 Å². The summed E-state index contributed by atoms with van der Waals surface area (Å²) in [6.45, 7) is 7.87. The van der Waals surface area contributed by atoms with Gasteiger partial charge in [-0.05, 0) is 50.5 Å². The summed E-state index contributed by atoms with van der Waals surface area (Å²) < 4.78 is 16.9. The summed E-state index contributed by atoms with van der Waals surface area (Å²) in [6, 6.07) is 7.82. The van der Waals surface area contributed by atoms with E-state index >= 15 is 0 Å². The second-order valence-corrected chi connectivity index (χ2v) is 8.19. The number of hydrogen-bond acceptors (Lipinski definition) is 5. The van der Waals surface area contributed by atoms with E-state index < -0.39 is 0 Å². The van der Waals surface area contributed by atoms with E-state index in [1.807, 2.05) is 37.3 Å². The number of aromatic nitrogens is 2. The molecule has 30 heavy (non-hydrogen) atoms. The summed E-state index contributed by atoms with van der Waals surface area (Å²) >= 11 is 0. The Morgan fingerprint density at radius 3 is 2.20 bits per heavy atom. The van der Waals surface area contributed by atoms with Gasteiger partial charge in [-0.1, -0.05) is 38.2 Å². The van der Waals surface area contributed by atoms with Crippen LogP contribution in [0.2, 0.25) is 0 Å². The van der Waals surface area contributed by atoms with E-state index in [1.54, 1.807) is 12.4 Å². The lowest BCUT2D eigenvalue weighted by Crippen LogP contribution is -2.16. The molecule has 0 bridgehead atoms. The fraction of sp³-hybridized carbons (Fsp3) is 0.520. The molecule has 1 atom stereocenters. The maximum atomic E-state index is 5.78. The molecule has 0 N–H and O–H groups in total. The van der Waals surface area contributed by atoms with Crippen molar-refractivity contribution in [1.82, 2.24) is 9.97 Å². The minimum absolute atomic E-state index is 0.108. The third kappa shape index (κ3) is 7.79. The van der Waals surface area contributed by atoms with Crippen LogP contribution in [0.15, 0.2) is 49.3 Å². The normalized spacial score (nSPS) is 17.5. The SMILES string of the molecule is C=CCCCCCCCCCOc1cnc(-c2ccc(OC[C@]3(C)CO3)cc2)nc1. The van der Waals surface area contributed by atoms with Gasteiger partial charge < -0.3 is 14.2 Å². The average Bonchev–Trinajstić information content (AvgIpc) is 3.52. The molecule has 0 saturated carbocycles. The third-order valence-corrected chi connectivity index (χ3v) is 5.24. The number of benzene rings is 1. The van der Waals surface area contributed by atoms with Gasteiger partial charge in [-0.25, -0.2) is 9.97 Å². The number of hydrogen-bond donors (Lipinski definition) is 0. The Morgan fingerprint density at radius 1 is 0.933 bits per heavy atom. The topological polar surface area (TPSA) is 56.8 Å². The van der Waals surface area contributed by atoms with Gasteiger partial charge in [-0.2, -0.15) is 0 Å². The molecule has 2 aromatic rings. The second kappa shape index (κ2) is 11.7. The van der Waals surface area contributed by atoms with Gasteiger partial charge >= 0.3 is 0 Å². The van der Waals surface area contributed by atoms with Crippen molar-refractivity contribution in [3.63, 3.8) is 0 Å². The first-order valence-corrected chi connectivity index (χ1v) is 11.1. The minimum Gasteiger partial charge on any atom is -0.491 e. The van der Waals surface area contributed by atoms with Crippen LogP contribution in [0.3, 0.4) is 0 Å². The monoisotopic (exact) mass is 410 g/mol. The van der Waals surface area contributed by atoms with E-state index in [9.17, 15) is 0 Å². The molecule has 2 heterocycles. The molecule has 1 aliphatic rings. The van der Waals surface area contributed by atoms with E-state index in [1.165, 1.54) is 38.5 Å². The quantitative estimate of drug-likeness (QED) is 0.205. The summed E-state index contributed by atoms with van der Waals surface area (Å²) in [5.41, 5.74) is 0.846. The molecule has 0 radical (unpaired) electrons. The molecule has 3 rings (SSSR count). The third-order valence-electron chi connectivity index (χ3n) is 5.24. The molecule has 1 aromatic carbocycles. The molecular weight excluding hydrogens is 376 g/mol.